The Balaban J connectivity index is 2.26. The second kappa shape index (κ2) is 6.01. The van der Waals surface area contributed by atoms with Crippen LogP contribution in [0.2, 0.25) is 0 Å². The van der Waals surface area contributed by atoms with Crippen LogP contribution in [0.1, 0.15) is 30.4 Å². The molecule has 2 rings (SSSR count). The number of halogens is 3. The molecule has 0 saturated heterocycles. The third-order valence-electron chi connectivity index (χ3n) is 3.43. The number of aliphatic hydroxyl groups excluding tert-OH is 1. The first kappa shape index (κ1) is 15.1. The molecule has 0 radical (unpaired) electrons. The quantitative estimate of drug-likeness (QED) is 0.895. The van der Waals surface area contributed by atoms with Gasteiger partial charge in [-0.2, -0.15) is 13.2 Å². The summed E-state index contributed by atoms with van der Waals surface area (Å²) in [4.78, 5) is 0. The molecule has 0 aromatic heterocycles. The van der Waals surface area contributed by atoms with Crippen LogP contribution in [0, 0.1) is 0 Å². The lowest BCUT2D eigenvalue weighted by molar-refractivity contribution is -0.139. The van der Waals surface area contributed by atoms with Crippen molar-refractivity contribution in [2.75, 3.05) is 7.05 Å². The van der Waals surface area contributed by atoms with Crippen molar-refractivity contribution in [1.82, 2.24) is 5.32 Å². The maximum atomic E-state index is 13.1. The average Bonchev–Trinajstić information content (AvgIpc) is 2.76. The van der Waals surface area contributed by atoms with Gasteiger partial charge in [0.15, 0.2) is 0 Å². The molecule has 3 nitrogen and oxygen atoms in total. The number of alkyl halides is 3. The van der Waals surface area contributed by atoms with Gasteiger partial charge in [-0.05, 0) is 44.0 Å². The minimum atomic E-state index is -4.47. The molecule has 20 heavy (non-hydrogen) atoms. The summed E-state index contributed by atoms with van der Waals surface area (Å²) in [7, 11) is 1.67. The highest BCUT2D eigenvalue weighted by Crippen LogP contribution is 2.38. The molecule has 112 valence electrons. The van der Waals surface area contributed by atoms with Crippen molar-refractivity contribution < 1.29 is 23.0 Å². The van der Waals surface area contributed by atoms with Crippen LogP contribution >= 0.6 is 0 Å². The summed E-state index contributed by atoms with van der Waals surface area (Å²) < 4.78 is 44.6. The van der Waals surface area contributed by atoms with E-state index in [1.54, 1.807) is 13.1 Å². The van der Waals surface area contributed by atoms with E-state index in [2.05, 4.69) is 5.32 Å². The van der Waals surface area contributed by atoms with Crippen molar-refractivity contribution in [2.24, 2.45) is 0 Å². The molecule has 2 N–H and O–H groups in total. The van der Waals surface area contributed by atoms with Gasteiger partial charge in [0, 0.05) is 6.54 Å². The van der Waals surface area contributed by atoms with E-state index in [9.17, 15) is 18.3 Å². The standard InChI is InChI=1S/C14H18F3NO2/c1-18-8-9-5-6-12(10(7-9)14(15,16)17)20-13-4-2-3-11(13)19/h5-7,11,13,18-19H,2-4,8H2,1H3. The summed E-state index contributed by atoms with van der Waals surface area (Å²) in [6.45, 7) is 0.357. The van der Waals surface area contributed by atoms with E-state index in [4.69, 9.17) is 4.74 Å². The van der Waals surface area contributed by atoms with Crippen molar-refractivity contribution >= 4 is 0 Å². The first-order valence-electron chi connectivity index (χ1n) is 6.61. The topological polar surface area (TPSA) is 41.5 Å². The van der Waals surface area contributed by atoms with Crippen LogP contribution in [0.3, 0.4) is 0 Å². The van der Waals surface area contributed by atoms with Gasteiger partial charge in [-0.25, -0.2) is 0 Å². The lowest BCUT2D eigenvalue weighted by Gasteiger charge is -2.21. The number of rotatable bonds is 4. The Morgan fingerprint density at radius 3 is 2.65 bits per heavy atom. The molecule has 1 aromatic rings. The fourth-order valence-electron chi connectivity index (χ4n) is 2.42. The van der Waals surface area contributed by atoms with E-state index in [-0.39, 0.29) is 5.75 Å². The Kier molecular flexibility index (Phi) is 4.55. The highest BCUT2D eigenvalue weighted by molar-refractivity contribution is 5.39. The number of hydrogen-bond acceptors (Lipinski definition) is 3. The van der Waals surface area contributed by atoms with Crippen LogP contribution in [-0.2, 0) is 12.7 Å². The molecule has 1 saturated carbocycles. The van der Waals surface area contributed by atoms with Crippen molar-refractivity contribution in [3.8, 4) is 5.75 Å². The van der Waals surface area contributed by atoms with Crippen LogP contribution < -0.4 is 10.1 Å². The first-order chi connectivity index (χ1) is 9.41. The van der Waals surface area contributed by atoms with E-state index in [1.165, 1.54) is 6.07 Å². The Bertz CT molecular complexity index is 462. The normalized spacial score (nSPS) is 23.1. The maximum Gasteiger partial charge on any atom is 0.419 e. The van der Waals surface area contributed by atoms with E-state index < -0.39 is 23.9 Å². The van der Waals surface area contributed by atoms with E-state index in [0.717, 1.165) is 12.5 Å². The molecular weight excluding hydrogens is 271 g/mol. The molecular formula is C14H18F3NO2. The smallest absolute Gasteiger partial charge is 0.419 e. The zero-order chi connectivity index (χ0) is 14.8. The number of ether oxygens (including phenoxy) is 1. The summed E-state index contributed by atoms with van der Waals surface area (Å²) in [6, 6.07) is 4.02. The van der Waals surface area contributed by atoms with Crippen LogP contribution in [0.5, 0.6) is 5.75 Å². The van der Waals surface area contributed by atoms with Crippen molar-refractivity contribution in [3.63, 3.8) is 0 Å². The number of benzene rings is 1. The summed E-state index contributed by atoms with van der Waals surface area (Å²) in [5.74, 6) is -0.205. The number of aliphatic hydroxyl groups is 1. The molecule has 1 aliphatic carbocycles. The maximum absolute atomic E-state index is 13.1. The third-order valence-corrected chi connectivity index (χ3v) is 3.43. The van der Waals surface area contributed by atoms with Crippen LogP contribution in [0.15, 0.2) is 18.2 Å². The highest BCUT2D eigenvalue weighted by Gasteiger charge is 2.36. The second-order valence-corrected chi connectivity index (χ2v) is 5.01. The van der Waals surface area contributed by atoms with Crippen molar-refractivity contribution in [2.45, 2.75) is 44.2 Å². The van der Waals surface area contributed by atoms with Crippen molar-refractivity contribution in [3.05, 3.63) is 29.3 Å². The van der Waals surface area contributed by atoms with Gasteiger partial charge in [0.05, 0.1) is 11.7 Å². The van der Waals surface area contributed by atoms with Gasteiger partial charge in [0.25, 0.3) is 0 Å². The van der Waals surface area contributed by atoms with Crippen LogP contribution in [0.25, 0.3) is 0 Å². The van der Waals surface area contributed by atoms with Gasteiger partial charge in [0.2, 0.25) is 0 Å². The molecule has 2 unspecified atom stereocenters. The van der Waals surface area contributed by atoms with Gasteiger partial charge in [0.1, 0.15) is 11.9 Å². The summed E-state index contributed by atoms with van der Waals surface area (Å²) in [5.41, 5.74) is -0.247. The van der Waals surface area contributed by atoms with Crippen molar-refractivity contribution in [1.29, 1.82) is 0 Å². The molecule has 1 fully saturated rings. The zero-order valence-electron chi connectivity index (χ0n) is 11.2. The molecule has 0 amide bonds. The summed E-state index contributed by atoms with van der Waals surface area (Å²) in [5, 5.41) is 12.5. The lowest BCUT2D eigenvalue weighted by Crippen LogP contribution is -2.26. The molecule has 0 spiro atoms. The predicted octanol–water partition coefficient (Wildman–Crippen LogP) is 2.72. The molecule has 6 heteroatoms. The van der Waals surface area contributed by atoms with Gasteiger partial charge >= 0.3 is 6.18 Å². The molecule has 0 bridgehead atoms. The predicted molar refractivity (Wildman–Crippen MR) is 68.5 cm³/mol. The number of nitrogens with one attached hydrogen (secondary N) is 1. The van der Waals surface area contributed by atoms with Crippen LogP contribution in [-0.4, -0.2) is 24.4 Å². The van der Waals surface area contributed by atoms with Gasteiger partial charge in [-0.1, -0.05) is 6.07 Å². The van der Waals surface area contributed by atoms with Gasteiger partial charge in [-0.3, -0.25) is 0 Å². The SMILES string of the molecule is CNCc1ccc(OC2CCCC2O)c(C(F)(F)F)c1. The zero-order valence-corrected chi connectivity index (χ0v) is 11.2. The largest absolute Gasteiger partial charge is 0.487 e. The Labute approximate surface area is 115 Å². The fourth-order valence-corrected chi connectivity index (χ4v) is 2.42. The lowest BCUT2D eigenvalue weighted by atomic mass is 10.1. The summed E-state index contributed by atoms with van der Waals surface area (Å²) >= 11 is 0. The van der Waals surface area contributed by atoms with E-state index >= 15 is 0 Å². The Morgan fingerprint density at radius 2 is 2.10 bits per heavy atom. The molecule has 1 aromatic carbocycles. The second-order valence-electron chi connectivity index (χ2n) is 5.01. The van der Waals surface area contributed by atoms with Gasteiger partial charge < -0.3 is 15.2 Å². The first-order valence-corrected chi connectivity index (χ1v) is 6.61. The van der Waals surface area contributed by atoms with E-state index in [1.807, 2.05) is 0 Å². The van der Waals surface area contributed by atoms with E-state index in [0.29, 0.717) is 24.9 Å². The van der Waals surface area contributed by atoms with Gasteiger partial charge in [-0.15, -0.1) is 0 Å². The highest BCUT2D eigenvalue weighted by atomic mass is 19.4. The molecule has 1 aliphatic rings. The monoisotopic (exact) mass is 289 g/mol. The minimum absolute atomic E-state index is 0.205. The molecule has 0 heterocycles. The fraction of sp³-hybridized carbons (Fsp3) is 0.571. The third kappa shape index (κ3) is 3.43. The Hall–Kier alpha value is -1.27. The average molecular weight is 289 g/mol. The Morgan fingerprint density at radius 1 is 1.35 bits per heavy atom. The number of hydrogen-bond donors (Lipinski definition) is 2. The minimum Gasteiger partial charge on any atom is -0.487 e. The van der Waals surface area contributed by atoms with Crippen LogP contribution in [0.4, 0.5) is 13.2 Å². The molecule has 0 aliphatic heterocycles. The summed E-state index contributed by atoms with van der Waals surface area (Å²) in [6.07, 6.45) is -3.78. The molecule has 2 atom stereocenters.